The van der Waals surface area contributed by atoms with Crippen molar-refractivity contribution >= 4 is 47.2 Å². The van der Waals surface area contributed by atoms with E-state index in [-0.39, 0.29) is 203 Å². The zero-order valence-corrected chi connectivity index (χ0v) is 62.6. The highest BCUT2D eigenvalue weighted by Gasteiger charge is 2.60. The van der Waals surface area contributed by atoms with Crippen LogP contribution in [-0.2, 0) is 107 Å². The lowest BCUT2D eigenvalue weighted by Crippen LogP contribution is -2.60. The second-order valence-corrected chi connectivity index (χ2v) is 29.2. The van der Waals surface area contributed by atoms with E-state index in [0.29, 0.717) is 117 Å². The molecule has 6 aliphatic heterocycles. The number of esters is 1. The van der Waals surface area contributed by atoms with E-state index in [2.05, 4.69) is 31.9 Å². The average molecular weight is 1530 g/mol. The van der Waals surface area contributed by atoms with Gasteiger partial charge in [0.25, 0.3) is 0 Å². The molecule has 0 spiro atoms. The first kappa shape index (κ1) is 88.7. The summed E-state index contributed by atoms with van der Waals surface area (Å²) in [6.07, 6.45) is -1.95. The monoisotopic (exact) mass is 1520 g/mol. The number of ether oxygens (including phenoxy) is 13. The Morgan fingerprint density at radius 2 is 0.748 bits per heavy atom. The zero-order valence-electron chi connectivity index (χ0n) is 62.6. The van der Waals surface area contributed by atoms with Gasteiger partial charge in [-0.15, -0.1) is 0 Å². The Bertz CT molecular complexity index is 2640. The number of fused-ring (bicyclic) bond motifs is 6. The van der Waals surface area contributed by atoms with Crippen molar-refractivity contribution in [2.75, 3.05) is 132 Å². The number of unbranched alkanes of at least 4 members (excludes halogenated alkanes) is 4. The minimum Gasteiger partial charge on any atom is -0.461 e. The Hall–Kier alpha value is -5.54. The number of nitrogens with one attached hydrogen (secondary N) is 6. The van der Waals surface area contributed by atoms with Crippen LogP contribution in [0.25, 0.3) is 0 Å². The third-order valence-electron chi connectivity index (χ3n) is 20.1. The number of ketones is 1. The van der Waals surface area contributed by atoms with Crippen molar-refractivity contribution in [2.24, 2.45) is 17.8 Å². The van der Waals surface area contributed by atoms with Crippen molar-refractivity contribution < 1.29 is 131 Å². The van der Waals surface area contributed by atoms with Crippen molar-refractivity contribution in [3.8, 4) is 0 Å². The normalized spacial score (nSPS) is 27.7. The minimum absolute atomic E-state index is 0.0393. The lowest BCUT2D eigenvalue weighted by atomic mass is 9.86. The maximum atomic E-state index is 13.9. The van der Waals surface area contributed by atoms with Gasteiger partial charge in [-0.1, -0.05) is 51.1 Å². The molecule has 12 N–H and O–H groups in total. The van der Waals surface area contributed by atoms with E-state index in [1.54, 1.807) is 20.8 Å². The molecule has 7 rings (SSSR count). The molecule has 33 nitrogen and oxygen atoms in total. The van der Waals surface area contributed by atoms with Crippen LogP contribution >= 0.6 is 0 Å². The van der Waals surface area contributed by atoms with Crippen molar-refractivity contribution in [1.82, 2.24) is 31.9 Å². The molecule has 107 heavy (non-hydrogen) atoms. The molecule has 0 aromatic heterocycles. The number of aliphatic hydroxyl groups is 6. The molecule has 0 saturated carbocycles. The highest BCUT2D eigenvalue weighted by Crippen LogP contribution is 2.42. The van der Waals surface area contributed by atoms with Gasteiger partial charge < -0.3 is 124 Å². The number of hydrogen-bond acceptors (Lipinski definition) is 27. The van der Waals surface area contributed by atoms with Gasteiger partial charge in [0.05, 0.1) is 97.6 Å². The summed E-state index contributed by atoms with van der Waals surface area (Å²) >= 11 is 0. The van der Waals surface area contributed by atoms with Gasteiger partial charge >= 0.3 is 5.97 Å². The Labute approximate surface area is 626 Å². The predicted octanol–water partition coefficient (Wildman–Crippen LogP) is 0.0861. The van der Waals surface area contributed by atoms with E-state index < -0.39 is 89.7 Å². The topological polar surface area (TPSA) is 450 Å². The third kappa shape index (κ3) is 28.9. The van der Waals surface area contributed by atoms with Crippen molar-refractivity contribution in [1.29, 1.82) is 0 Å². The smallest absolute Gasteiger partial charge is 0.306 e. The number of hydrogen-bond donors (Lipinski definition) is 12. The third-order valence-corrected chi connectivity index (χ3v) is 20.1. The van der Waals surface area contributed by atoms with Crippen molar-refractivity contribution in [2.45, 2.75) is 234 Å². The maximum Gasteiger partial charge on any atom is 0.306 e. The molecule has 6 fully saturated rings. The number of benzene rings is 1. The van der Waals surface area contributed by atoms with Crippen LogP contribution in [0.4, 0.5) is 0 Å². The van der Waals surface area contributed by atoms with E-state index in [4.69, 9.17) is 61.6 Å². The van der Waals surface area contributed by atoms with Crippen LogP contribution in [0, 0.1) is 17.8 Å². The van der Waals surface area contributed by atoms with Gasteiger partial charge in [0, 0.05) is 128 Å². The van der Waals surface area contributed by atoms with E-state index in [1.165, 1.54) is 0 Å². The Morgan fingerprint density at radius 1 is 0.402 bits per heavy atom. The molecular weight excluding hydrogens is 1400 g/mol. The molecule has 6 aliphatic rings. The maximum absolute atomic E-state index is 13.9. The Balaban J connectivity index is 0.817. The van der Waals surface area contributed by atoms with Crippen LogP contribution in [0.2, 0.25) is 0 Å². The molecule has 0 radical (unpaired) electrons. The zero-order chi connectivity index (χ0) is 77.1. The van der Waals surface area contributed by atoms with Crippen LogP contribution in [0.5, 0.6) is 0 Å². The number of amides is 6. The van der Waals surface area contributed by atoms with Crippen LogP contribution in [0.15, 0.2) is 30.3 Å². The van der Waals surface area contributed by atoms with Crippen LogP contribution < -0.4 is 31.9 Å². The summed E-state index contributed by atoms with van der Waals surface area (Å²) in [4.78, 5) is 104. The van der Waals surface area contributed by atoms with E-state index in [9.17, 15) is 69.0 Å². The molecule has 15 atom stereocenters. The molecule has 6 saturated heterocycles. The fourth-order valence-electron chi connectivity index (χ4n) is 13.2. The minimum atomic E-state index is -1.45. The summed E-state index contributed by atoms with van der Waals surface area (Å²) in [5.74, 6) is -3.39. The molecule has 608 valence electrons. The molecule has 1 aromatic carbocycles. The number of aliphatic hydroxyl groups excluding tert-OH is 6. The summed E-state index contributed by atoms with van der Waals surface area (Å²) in [5.41, 5.74) is -4.04. The van der Waals surface area contributed by atoms with Gasteiger partial charge in [-0.3, -0.25) is 38.4 Å². The number of rotatable bonds is 56. The van der Waals surface area contributed by atoms with Crippen molar-refractivity contribution in [3.05, 3.63) is 35.9 Å². The highest BCUT2D eigenvalue weighted by molar-refractivity contribution is 5.79. The van der Waals surface area contributed by atoms with Crippen LogP contribution in [-0.4, -0.2) is 287 Å². The second kappa shape index (κ2) is 46.3. The Kier molecular flexibility index (Phi) is 38.4. The van der Waals surface area contributed by atoms with Gasteiger partial charge in [-0.25, -0.2) is 0 Å². The largest absolute Gasteiger partial charge is 0.461 e. The predicted molar refractivity (Wildman–Crippen MR) is 379 cm³/mol. The highest BCUT2D eigenvalue weighted by atomic mass is 16.8. The van der Waals surface area contributed by atoms with E-state index >= 15 is 0 Å². The molecule has 1 aromatic rings. The van der Waals surface area contributed by atoms with Gasteiger partial charge in [-0.05, 0) is 76.2 Å². The summed E-state index contributed by atoms with van der Waals surface area (Å²) in [5, 5.41) is 80.2. The molecule has 6 amide bonds. The van der Waals surface area contributed by atoms with Gasteiger partial charge in [0.2, 0.25) is 35.4 Å². The number of carbonyl (C=O) groups is 8. The first-order valence-electron chi connectivity index (χ1n) is 38.3. The first-order valence-corrected chi connectivity index (χ1v) is 38.3. The first-order chi connectivity index (χ1) is 51.5. The number of Topliss-reactive ketones (excluding diaryl/α,β-unsaturated/α-hetero) is 1. The molecule has 6 bridgehead atoms. The standard InChI is InChI=1S/C74H120N6O27/c1-50-62(89)65(92)72(47-102-68(50)105-72)44-95-34-12-8-21-54(81)20-7-11-29-75-57(84)26-37-98-41-71(80-60(87)24-15-25-61(88)101-40-53-18-5-4-6-19-53,42-99-38-27-58(85)78-32-16-30-76-55(82)22-9-13-35-96-45-73-48-103-69(106-73)51(2)63(90)66(73)93)43-100-39-28-59(86)79-33-17-31-77-56(83)23-10-14-36-97-46-74-49-104-70(107-74)52(3)64(91)67(74)94/h4-6,18-19,50-52,62-70,89-94H,7-17,20-49H2,1-3H3,(H,75,84)(H,76,82)(H,77,83)(H,78,85)(H,79,86)(H,80,87)/t50-,51-,52-,62-,63-,64-,65-,66-,67-,68+,69+,70+,72+,73+,74+/m1/s1. The Morgan fingerprint density at radius 3 is 1.14 bits per heavy atom. The number of carbonyl (C=O) groups excluding carboxylic acids is 8. The van der Waals surface area contributed by atoms with Crippen LogP contribution in [0.3, 0.4) is 0 Å². The lowest BCUT2D eigenvalue weighted by molar-refractivity contribution is -0.248. The van der Waals surface area contributed by atoms with Gasteiger partial charge in [0.15, 0.2) is 18.9 Å². The molecule has 6 heterocycles. The van der Waals surface area contributed by atoms with Crippen LogP contribution in [0.1, 0.15) is 155 Å². The van der Waals surface area contributed by atoms with E-state index in [0.717, 1.165) is 5.56 Å². The summed E-state index contributed by atoms with van der Waals surface area (Å²) < 4.78 is 75.4. The quantitative estimate of drug-likeness (QED) is 0.0304. The second-order valence-electron chi connectivity index (χ2n) is 29.2. The van der Waals surface area contributed by atoms with Gasteiger partial charge in [-0.2, -0.15) is 0 Å². The molecule has 0 aliphatic carbocycles. The SMILES string of the molecule is C[C@H]1[C@H]2OC[C@](COCCCCC(=O)CCCCNC(=O)CCOCC(COCCC(=O)NCCCNC(=O)CCCCOC[C@@]34CO[C@@H](O3)[C@H](C)[C@@H](O)[C@H]4O)(COCCC(=O)NCCCNC(=O)CCCCOC[C@@]34CO[C@@H](O3)[C@H](C)[C@@H](O)[C@H]4O)NC(=O)CCCC(=O)OCc3ccccc3)(O2)[C@H](O)[C@@H]1O. The van der Waals surface area contributed by atoms with Crippen molar-refractivity contribution in [3.63, 3.8) is 0 Å². The summed E-state index contributed by atoms with van der Waals surface area (Å²) in [6, 6.07) is 9.14. The lowest BCUT2D eigenvalue weighted by Gasteiger charge is -2.41. The summed E-state index contributed by atoms with van der Waals surface area (Å²) in [7, 11) is 0. The molecular formula is C74H120N6O27. The van der Waals surface area contributed by atoms with E-state index in [1.807, 2.05) is 30.3 Å². The molecule has 33 heteroatoms. The van der Waals surface area contributed by atoms with Gasteiger partial charge in [0.1, 0.15) is 53.0 Å². The summed E-state index contributed by atoms with van der Waals surface area (Å²) in [6.45, 7) is 7.08. The molecule has 0 unspecified atom stereocenters. The fraction of sp³-hybridized carbons (Fsp3) is 0.811. The average Bonchev–Trinajstić information content (AvgIpc) is 1.64. The fourth-order valence-corrected chi connectivity index (χ4v) is 13.2.